The van der Waals surface area contributed by atoms with E-state index in [4.69, 9.17) is 4.74 Å². The summed E-state index contributed by atoms with van der Waals surface area (Å²) >= 11 is 0. The first-order chi connectivity index (χ1) is 7.57. The van der Waals surface area contributed by atoms with Crippen molar-refractivity contribution in [2.24, 2.45) is 0 Å². The van der Waals surface area contributed by atoms with Gasteiger partial charge in [-0.3, -0.25) is 0 Å². The number of nitrogens with zero attached hydrogens (tertiary/aromatic N) is 2. The van der Waals surface area contributed by atoms with E-state index >= 15 is 0 Å². The molecule has 0 atom stereocenters. The Morgan fingerprint density at radius 2 is 2.00 bits per heavy atom. The molecule has 4 heteroatoms. The molecular weight excluding hydrogens is 202 g/mol. The second kappa shape index (κ2) is 5.80. The molecule has 1 N–H and O–H groups in total. The van der Waals surface area contributed by atoms with E-state index < -0.39 is 0 Å². The molecule has 0 aliphatic carbocycles. The maximum Gasteiger partial charge on any atom is 0.233 e. The van der Waals surface area contributed by atoms with Gasteiger partial charge in [-0.15, -0.1) is 5.10 Å². The predicted octanol–water partition coefficient (Wildman–Crippen LogP) is 2.15. The molecule has 0 aromatic carbocycles. The largest absolute Gasteiger partial charge is 0.471 e. The van der Waals surface area contributed by atoms with Crippen LogP contribution in [0.2, 0.25) is 0 Å². The van der Waals surface area contributed by atoms with Crippen LogP contribution in [0.3, 0.4) is 0 Å². The molecular formula is C12H21N3O. The second-order valence-electron chi connectivity index (χ2n) is 4.36. The van der Waals surface area contributed by atoms with Gasteiger partial charge in [0.05, 0.1) is 5.69 Å². The summed E-state index contributed by atoms with van der Waals surface area (Å²) < 4.78 is 5.72. The van der Waals surface area contributed by atoms with E-state index in [2.05, 4.69) is 29.4 Å². The molecule has 0 spiro atoms. The molecule has 0 aliphatic rings. The Balaban J connectivity index is 2.57. The number of nitrogens with one attached hydrogen (secondary N) is 1. The summed E-state index contributed by atoms with van der Waals surface area (Å²) in [7, 11) is 0. The number of aromatic nitrogens is 2. The van der Waals surface area contributed by atoms with Crippen LogP contribution in [0, 0.1) is 0 Å². The van der Waals surface area contributed by atoms with Gasteiger partial charge in [-0.1, -0.05) is 13.8 Å². The first-order valence-corrected chi connectivity index (χ1v) is 5.79. The summed E-state index contributed by atoms with van der Waals surface area (Å²) in [5, 5.41) is 11.3. The van der Waals surface area contributed by atoms with Gasteiger partial charge in [-0.25, -0.2) is 0 Å². The lowest BCUT2D eigenvalue weighted by atomic mass is 10.1. The molecule has 16 heavy (non-hydrogen) atoms. The monoisotopic (exact) mass is 223 g/mol. The van der Waals surface area contributed by atoms with Crippen molar-refractivity contribution in [3.8, 4) is 5.88 Å². The number of hydrogen-bond donors (Lipinski definition) is 1. The summed E-state index contributed by atoms with van der Waals surface area (Å²) in [6, 6.07) is 3.81. The third-order valence-electron chi connectivity index (χ3n) is 2.48. The molecule has 0 saturated heterocycles. The highest BCUT2D eigenvalue weighted by Gasteiger charge is 2.17. The fourth-order valence-corrected chi connectivity index (χ4v) is 1.10. The second-order valence-corrected chi connectivity index (χ2v) is 4.36. The fraction of sp³-hybridized carbons (Fsp3) is 0.667. The number of ether oxygens (including phenoxy) is 1. The minimum absolute atomic E-state index is 0.183. The first kappa shape index (κ1) is 12.9. The van der Waals surface area contributed by atoms with Gasteiger partial charge in [0.1, 0.15) is 5.60 Å². The molecule has 1 aromatic rings. The van der Waals surface area contributed by atoms with Crippen molar-refractivity contribution in [2.45, 2.75) is 46.3 Å². The van der Waals surface area contributed by atoms with Gasteiger partial charge in [-0.05, 0) is 32.9 Å². The minimum atomic E-state index is -0.183. The highest BCUT2D eigenvalue weighted by atomic mass is 16.5. The molecule has 0 saturated carbocycles. The zero-order chi connectivity index (χ0) is 12.0. The van der Waals surface area contributed by atoms with Crippen LogP contribution in [-0.2, 0) is 6.54 Å². The average Bonchev–Trinajstić information content (AvgIpc) is 2.28. The van der Waals surface area contributed by atoms with Crippen LogP contribution in [0.5, 0.6) is 5.88 Å². The van der Waals surface area contributed by atoms with E-state index in [0.29, 0.717) is 5.88 Å². The van der Waals surface area contributed by atoms with Crippen molar-refractivity contribution in [2.75, 3.05) is 6.54 Å². The molecule has 4 nitrogen and oxygen atoms in total. The summed E-state index contributed by atoms with van der Waals surface area (Å²) in [5.41, 5.74) is 0.751. The standard InChI is InChI=1S/C12H21N3O/c1-5-12(3,4)16-11-8-7-10(14-15-11)9-13-6-2/h7-8,13H,5-6,9H2,1-4H3. The van der Waals surface area contributed by atoms with Crippen LogP contribution in [0.25, 0.3) is 0 Å². The van der Waals surface area contributed by atoms with E-state index in [1.54, 1.807) is 0 Å². The molecule has 0 radical (unpaired) electrons. The van der Waals surface area contributed by atoms with Crippen LogP contribution in [0.1, 0.15) is 39.8 Å². The molecule has 0 unspecified atom stereocenters. The van der Waals surface area contributed by atoms with Gasteiger partial charge >= 0.3 is 0 Å². The van der Waals surface area contributed by atoms with E-state index in [0.717, 1.165) is 25.2 Å². The van der Waals surface area contributed by atoms with Crippen molar-refractivity contribution in [1.29, 1.82) is 0 Å². The first-order valence-electron chi connectivity index (χ1n) is 5.79. The van der Waals surface area contributed by atoms with Crippen molar-refractivity contribution >= 4 is 0 Å². The Bertz CT molecular complexity index is 309. The fourth-order valence-electron chi connectivity index (χ4n) is 1.10. The van der Waals surface area contributed by atoms with Gasteiger partial charge in [-0.2, -0.15) is 5.10 Å². The van der Waals surface area contributed by atoms with Crippen molar-refractivity contribution in [3.05, 3.63) is 17.8 Å². The summed E-state index contributed by atoms with van der Waals surface area (Å²) in [6.45, 7) is 9.92. The van der Waals surface area contributed by atoms with E-state index in [1.165, 1.54) is 0 Å². The van der Waals surface area contributed by atoms with Gasteiger partial charge < -0.3 is 10.1 Å². The quantitative estimate of drug-likeness (QED) is 0.802. The molecule has 0 amide bonds. The summed E-state index contributed by atoms with van der Waals surface area (Å²) in [4.78, 5) is 0. The number of hydrogen-bond acceptors (Lipinski definition) is 4. The van der Waals surface area contributed by atoms with Crippen molar-refractivity contribution in [1.82, 2.24) is 15.5 Å². The van der Waals surface area contributed by atoms with Gasteiger partial charge in [0.15, 0.2) is 0 Å². The van der Waals surface area contributed by atoms with Crippen molar-refractivity contribution in [3.63, 3.8) is 0 Å². The average molecular weight is 223 g/mol. The maximum atomic E-state index is 5.72. The molecule has 0 fully saturated rings. The highest BCUT2D eigenvalue weighted by Crippen LogP contribution is 2.17. The minimum Gasteiger partial charge on any atom is -0.471 e. The zero-order valence-corrected chi connectivity index (χ0v) is 10.6. The van der Waals surface area contributed by atoms with Crippen LogP contribution in [0.4, 0.5) is 0 Å². The van der Waals surface area contributed by atoms with Crippen molar-refractivity contribution < 1.29 is 4.74 Å². The molecule has 90 valence electrons. The van der Waals surface area contributed by atoms with E-state index in [1.807, 2.05) is 26.0 Å². The molecule has 1 rings (SSSR count). The SMILES string of the molecule is CCNCc1ccc(OC(C)(C)CC)nn1. The zero-order valence-electron chi connectivity index (χ0n) is 10.6. The molecule has 0 bridgehead atoms. The molecule has 1 heterocycles. The van der Waals surface area contributed by atoms with Crippen LogP contribution >= 0.6 is 0 Å². The lowest BCUT2D eigenvalue weighted by Gasteiger charge is -2.23. The Morgan fingerprint density at radius 1 is 1.25 bits per heavy atom. The lowest BCUT2D eigenvalue weighted by Crippen LogP contribution is -2.27. The number of rotatable bonds is 6. The normalized spacial score (nSPS) is 11.5. The molecule has 1 aromatic heterocycles. The predicted molar refractivity (Wildman–Crippen MR) is 64.4 cm³/mol. The Hall–Kier alpha value is -1.16. The Morgan fingerprint density at radius 3 is 2.50 bits per heavy atom. The third-order valence-corrected chi connectivity index (χ3v) is 2.48. The third kappa shape index (κ3) is 4.14. The van der Waals surface area contributed by atoms with Crippen LogP contribution < -0.4 is 10.1 Å². The van der Waals surface area contributed by atoms with E-state index in [9.17, 15) is 0 Å². The van der Waals surface area contributed by atoms with Crippen LogP contribution in [-0.4, -0.2) is 22.3 Å². The van der Waals surface area contributed by atoms with Gasteiger partial charge in [0.25, 0.3) is 0 Å². The van der Waals surface area contributed by atoms with Crippen LogP contribution in [0.15, 0.2) is 12.1 Å². The Kier molecular flexibility index (Phi) is 4.68. The summed E-state index contributed by atoms with van der Waals surface area (Å²) in [5.74, 6) is 0.590. The molecule has 0 aliphatic heterocycles. The smallest absolute Gasteiger partial charge is 0.233 e. The highest BCUT2D eigenvalue weighted by molar-refractivity contribution is 5.12. The Labute approximate surface area is 97.4 Å². The topological polar surface area (TPSA) is 47.0 Å². The van der Waals surface area contributed by atoms with Gasteiger partial charge in [0, 0.05) is 12.6 Å². The van der Waals surface area contributed by atoms with E-state index in [-0.39, 0.29) is 5.60 Å². The maximum absolute atomic E-state index is 5.72. The lowest BCUT2D eigenvalue weighted by molar-refractivity contribution is 0.0975. The summed E-state index contributed by atoms with van der Waals surface area (Å²) in [6.07, 6.45) is 0.938. The van der Waals surface area contributed by atoms with Gasteiger partial charge in [0.2, 0.25) is 5.88 Å².